The highest BCUT2D eigenvalue weighted by Gasteiger charge is 2.33. The van der Waals surface area contributed by atoms with Crippen LogP contribution in [-0.2, 0) is 26.2 Å². The molecule has 0 radical (unpaired) electrons. The first-order valence-electron chi connectivity index (χ1n) is 13.7. The topological polar surface area (TPSA) is 86.8 Å². The molecular formula is C31H35BrClN3O4S. The van der Waals surface area contributed by atoms with Crippen molar-refractivity contribution in [3.63, 3.8) is 0 Å². The number of nitrogens with zero attached hydrogens (tertiary/aromatic N) is 2. The molecule has 0 saturated heterocycles. The van der Waals surface area contributed by atoms with Crippen molar-refractivity contribution < 1.29 is 18.0 Å². The number of benzene rings is 3. The number of hydrogen-bond acceptors (Lipinski definition) is 4. The molecule has 7 nitrogen and oxygen atoms in total. The van der Waals surface area contributed by atoms with Crippen molar-refractivity contribution in [1.82, 2.24) is 10.2 Å². The summed E-state index contributed by atoms with van der Waals surface area (Å²) in [5, 5.41) is 3.46. The van der Waals surface area contributed by atoms with Crippen LogP contribution in [0.2, 0.25) is 5.02 Å². The molecule has 0 bridgehead atoms. The van der Waals surface area contributed by atoms with E-state index in [1.165, 1.54) is 17.0 Å². The lowest BCUT2D eigenvalue weighted by molar-refractivity contribution is -0.139. The monoisotopic (exact) mass is 659 g/mol. The van der Waals surface area contributed by atoms with E-state index in [2.05, 4.69) is 21.2 Å². The van der Waals surface area contributed by atoms with Gasteiger partial charge in [0.2, 0.25) is 11.8 Å². The van der Waals surface area contributed by atoms with Gasteiger partial charge in [-0.2, -0.15) is 0 Å². The lowest BCUT2D eigenvalue weighted by Crippen LogP contribution is -2.52. The summed E-state index contributed by atoms with van der Waals surface area (Å²) in [4.78, 5) is 28.9. The van der Waals surface area contributed by atoms with Gasteiger partial charge in [0, 0.05) is 22.1 Å². The van der Waals surface area contributed by atoms with Gasteiger partial charge in [-0.1, -0.05) is 76.3 Å². The van der Waals surface area contributed by atoms with E-state index in [0.717, 1.165) is 51.2 Å². The van der Waals surface area contributed by atoms with Crippen molar-refractivity contribution in [3.05, 3.63) is 92.9 Å². The molecule has 1 fully saturated rings. The van der Waals surface area contributed by atoms with Gasteiger partial charge >= 0.3 is 0 Å². The Labute approximate surface area is 256 Å². The summed E-state index contributed by atoms with van der Waals surface area (Å²) < 4.78 is 29.8. The lowest BCUT2D eigenvalue weighted by Gasteiger charge is -2.32. The first-order valence-corrected chi connectivity index (χ1v) is 16.3. The van der Waals surface area contributed by atoms with E-state index < -0.39 is 28.5 Å². The summed E-state index contributed by atoms with van der Waals surface area (Å²) in [7, 11) is -4.15. The molecule has 1 aliphatic carbocycles. The van der Waals surface area contributed by atoms with Crippen LogP contribution >= 0.6 is 27.5 Å². The van der Waals surface area contributed by atoms with Crippen molar-refractivity contribution in [2.75, 3.05) is 10.8 Å². The Hall–Kier alpha value is -2.88. The molecule has 0 aromatic heterocycles. The van der Waals surface area contributed by atoms with Crippen LogP contribution < -0.4 is 9.62 Å². The third-order valence-electron chi connectivity index (χ3n) is 7.44. The van der Waals surface area contributed by atoms with Gasteiger partial charge in [-0.05, 0) is 81.1 Å². The molecule has 2 amide bonds. The first-order chi connectivity index (χ1) is 19.5. The fraction of sp³-hybridized carbons (Fsp3) is 0.355. The number of halogens is 2. The fourth-order valence-corrected chi connectivity index (χ4v) is 6.94. The Morgan fingerprint density at radius 1 is 1.02 bits per heavy atom. The van der Waals surface area contributed by atoms with E-state index in [-0.39, 0.29) is 29.1 Å². The van der Waals surface area contributed by atoms with Crippen molar-refractivity contribution in [1.29, 1.82) is 0 Å². The molecule has 1 atom stereocenters. The number of sulfonamides is 1. The summed E-state index contributed by atoms with van der Waals surface area (Å²) in [5.41, 5.74) is 2.76. The number of hydrogen-bond donors (Lipinski definition) is 1. The summed E-state index contributed by atoms with van der Waals surface area (Å²) >= 11 is 9.87. The predicted molar refractivity (Wildman–Crippen MR) is 166 cm³/mol. The second kappa shape index (κ2) is 13.4. The molecule has 218 valence electrons. The maximum atomic E-state index is 14.1. The second-order valence-electron chi connectivity index (χ2n) is 10.6. The zero-order valence-electron chi connectivity index (χ0n) is 23.4. The van der Waals surface area contributed by atoms with Gasteiger partial charge in [0.1, 0.15) is 12.6 Å². The molecular weight excluding hydrogens is 626 g/mol. The lowest BCUT2D eigenvalue weighted by atomic mass is 10.1. The van der Waals surface area contributed by atoms with Crippen molar-refractivity contribution >= 4 is 55.1 Å². The molecule has 1 unspecified atom stereocenters. The normalized spacial score (nSPS) is 14.5. The Morgan fingerprint density at radius 3 is 2.34 bits per heavy atom. The maximum absolute atomic E-state index is 14.1. The molecule has 0 spiro atoms. The highest BCUT2D eigenvalue weighted by atomic mass is 79.9. The Balaban J connectivity index is 1.70. The van der Waals surface area contributed by atoms with Gasteiger partial charge < -0.3 is 10.2 Å². The Morgan fingerprint density at radius 2 is 1.71 bits per heavy atom. The first kappa shape index (κ1) is 31.1. The standard InChI is InChI=1S/C31H35BrClN3O4S/c1-21-11-15-28(16-12-21)41(39,40)36(27-14-13-22(2)29(33)18-27)20-30(37)35(19-24-7-6-8-25(32)17-24)23(3)31(38)34-26-9-4-5-10-26/h6-8,11-18,23,26H,4-5,9-10,19-20H2,1-3H3,(H,34,38). The van der Waals surface area contributed by atoms with Gasteiger partial charge in [0.15, 0.2) is 0 Å². The SMILES string of the molecule is Cc1ccc(S(=O)(=O)N(CC(=O)N(Cc2cccc(Br)c2)C(C)C(=O)NC2CCCC2)c2ccc(C)c(Cl)c2)cc1. The van der Waals surface area contributed by atoms with Gasteiger partial charge in [-0.3, -0.25) is 13.9 Å². The quantitative estimate of drug-likeness (QED) is 0.273. The summed E-state index contributed by atoms with van der Waals surface area (Å²) in [6.45, 7) is 4.99. The van der Waals surface area contributed by atoms with Gasteiger partial charge in [0.05, 0.1) is 10.6 Å². The van der Waals surface area contributed by atoms with Crippen LogP contribution in [0, 0.1) is 13.8 Å². The van der Waals surface area contributed by atoms with Gasteiger partial charge in [-0.25, -0.2) is 8.42 Å². The minimum absolute atomic E-state index is 0.0539. The molecule has 0 aliphatic heterocycles. The predicted octanol–water partition coefficient (Wildman–Crippen LogP) is 6.39. The van der Waals surface area contributed by atoms with Crippen molar-refractivity contribution in [3.8, 4) is 0 Å². The number of aryl methyl sites for hydroxylation is 2. The number of nitrogens with one attached hydrogen (secondary N) is 1. The van der Waals surface area contributed by atoms with Crippen LogP contribution in [-0.4, -0.2) is 43.8 Å². The van der Waals surface area contributed by atoms with Gasteiger partial charge in [0.25, 0.3) is 10.0 Å². The largest absolute Gasteiger partial charge is 0.352 e. The second-order valence-corrected chi connectivity index (χ2v) is 13.8. The van der Waals surface area contributed by atoms with Crippen LogP contribution in [0.4, 0.5) is 5.69 Å². The number of carbonyl (C=O) groups excluding carboxylic acids is 2. The number of rotatable bonds is 10. The third-order valence-corrected chi connectivity index (χ3v) is 10.1. The zero-order valence-corrected chi connectivity index (χ0v) is 26.6. The third kappa shape index (κ3) is 7.70. The smallest absolute Gasteiger partial charge is 0.264 e. The average molecular weight is 661 g/mol. The molecule has 10 heteroatoms. The van der Waals surface area contributed by atoms with Crippen LogP contribution in [0.5, 0.6) is 0 Å². The van der Waals surface area contributed by atoms with Gasteiger partial charge in [-0.15, -0.1) is 0 Å². The zero-order chi connectivity index (χ0) is 29.7. The average Bonchev–Trinajstić information content (AvgIpc) is 3.44. The van der Waals surface area contributed by atoms with E-state index in [1.54, 1.807) is 37.3 Å². The van der Waals surface area contributed by atoms with E-state index in [4.69, 9.17) is 11.6 Å². The highest BCUT2D eigenvalue weighted by molar-refractivity contribution is 9.10. The minimum atomic E-state index is -4.15. The summed E-state index contributed by atoms with van der Waals surface area (Å²) in [6, 6.07) is 18.1. The number of carbonyl (C=O) groups is 2. The van der Waals surface area contributed by atoms with Crippen LogP contribution in [0.3, 0.4) is 0 Å². The van der Waals surface area contributed by atoms with Crippen LogP contribution in [0.1, 0.15) is 49.3 Å². The van der Waals surface area contributed by atoms with Crippen LogP contribution in [0.15, 0.2) is 76.1 Å². The van der Waals surface area contributed by atoms with Crippen LogP contribution in [0.25, 0.3) is 0 Å². The Bertz CT molecular complexity index is 1510. The molecule has 4 rings (SSSR count). The fourth-order valence-electron chi connectivity index (χ4n) is 4.91. The summed E-state index contributed by atoms with van der Waals surface area (Å²) in [6.07, 6.45) is 3.94. The summed E-state index contributed by atoms with van der Waals surface area (Å²) in [5.74, 6) is -0.766. The molecule has 3 aromatic carbocycles. The van der Waals surface area contributed by atoms with E-state index >= 15 is 0 Å². The van der Waals surface area contributed by atoms with E-state index in [0.29, 0.717) is 5.02 Å². The molecule has 0 heterocycles. The Kier molecular flexibility index (Phi) is 10.2. The highest BCUT2D eigenvalue weighted by Crippen LogP contribution is 2.29. The molecule has 1 N–H and O–H groups in total. The van der Waals surface area contributed by atoms with E-state index in [9.17, 15) is 18.0 Å². The maximum Gasteiger partial charge on any atom is 0.264 e. The minimum Gasteiger partial charge on any atom is -0.352 e. The van der Waals surface area contributed by atoms with Crippen molar-refractivity contribution in [2.45, 2.75) is 70.0 Å². The van der Waals surface area contributed by atoms with Crippen molar-refractivity contribution in [2.24, 2.45) is 0 Å². The molecule has 3 aromatic rings. The number of anilines is 1. The number of amides is 2. The molecule has 41 heavy (non-hydrogen) atoms. The molecule has 1 saturated carbocycles. The van der Waals surface area contributed by atoms with E-state index in [1.807, 2.05) is 38.1 Å². The molecule has 1 aliphatic rings.